The molecular weight excluding hydrogens is 366 g/mol. The number of carboxylic acids is 1. The number of benzene rings is 2. The van der Waals surface area contributed by atoms with Gasteiger partial charge in [-0.3, -0.25) is 14.2 Å². The first-order valence-electron chi connectivity index (χ1n) is 9.51. The zero-order valence-electron chi connectivity index (χ0n) is 16.8. The van der Waals surface area contributed by atoms with Gasteiger partial charge in [0, 0.05) is 5.69 Å². The largest absolute Gasteiger partial charge is 0.481 e. The minimum absolute atomic E-state index is 0.0656. The normalized spacial score (nSPS) is 12.0. The van der Waals surface area contributed by atoms with Crippen LogP contribution in [0, 0.1) is 13.8 Å². The van der Waals surface area contributed by atoms with Crippen LogP contribution >= 0.6 is 0 Å². The highest BCUT2D eigenvalue weighted by Crippen LogP contribution is 2.22. The number of aromatic nitrogens is 2. The Bertz CT molecular complexity index is 1080. The van der Waals surface area contributed by atoms with Crippen LogP contribution in [0.15, 0.2) is 53.3 Å². The number of aryl methyl sites for hydroxylation is 2. The second-order valence-electron chi connectivity index (χ2n) is 7.37. The van der Waals surface area contributed by atoms with Crippen molar-refractivity contribution in [2.75, 3.05) is 5.73 Å². The third-order valence-electron chi connectivity index (χ3n) is 5.11. The molecule has 0 saturated heterocycles. The van der Waals surface area contributed by atoms with E-state index in [0.29, 0.717) is 29.3 Å². The van der Waals surface area contributed by atoms with Crippen molar-refractivity contribution in [3.8, 4) is 11.1 Å². The van der Waals surface area contributed by atoms with E-state index in [2.05, 4.69) is 4.98 Å². The van der Waals surface area contributed by atoms with Crippen LogP contribution in [0.25, 0.3) is 11.1 Å². The molecule has 0 aliphatic rings. The number of nitrogens with zero attached hydrogens (tertiary/aromatic N) is 2. The molecule has 3 N–H and O–H groups in total. The Morgan fingerprint density at radius 2 is 1.72 bits per heavy atom. The van der Waals surface area contributed by atoms with Gasteiger partial charge in [0.15, 0.2) is 0 Å². The number of rotatable bonds is 6. The fourth-order valence-corrected chi connectivity index (χ4v) is 3.48. The van der Waals surface area contributed by atoms with Crippen molar-refractivity contribution in [1.29, 1.82) is 0 Å². The van der Waals surface area contributed by atoms with E-state index in [-0.39, 0.29) is 17.9 Å². The summed E-state index contributed by atoms with van der Waals surface area (Å²) >= 11 is 0. The molecule has 0 unspecified atom stereocenters. The predicted octanol–water partition coefficient (Wildman–Crippen LogP) is 3.74. The van der Waals surface area contributed by atoms with E-state index in [1.54, 1.807) is 16.7 Å². The van der Waals surface area contributed by atoms with Gasteiger partial charge < -0.3 is 10.8 Å². The maximum Gasteiger partial charge on any atom is 0.303 e. The van der Waals surface area contributed by atoms with Crippen LogP contribution in [0.3, 0.4) is 0 Å². The molecule has 3 rings (SSSR count). The molecule has 0 amide bonds. The first-order chi connectivity index (χ1) is 13.8. The van der Waals surface area contributed by atoms with Crippen molar-refractivity contribution in [1.82, 2.24) is 9.55 Å². The standard InChI is InChI=1S/C23H25N3O3/c1-14(12-21(27)28)18-6-4-17(5-7-18)13-26-16(3)25-15(2)22(23(26)29)19-8-10-20(24)11-9-19/h4-11,14H,12-13,24H2,1-3H3,(H,27,28)/t14-/m1/s1. The lowest BCUT2D eigenvalue weighted by atomic mass is 9.97. The Labute approximate surface area is 169 Å². The van der Waals surface area contributed by atoms with E-state index >= 15 is 0 Å². The lowest BCUT2D eigenvalue weighted by Gasteiger charge is -2.15. The second-order valence-corrected chi connectivity index (χ2v) is 7.37. The van der Waals surface area contributed by atoms with Crippen LogP contribution in [0.2, 0.25) is 0 Å². The number of hydrogen-bond acceptors (Lipinski definition) is 4. The van der Waals surface area contributed by atoms with Gasteiger partial charge in [-0.05, 0) is 48.6 Å². The van der Waals surface area contributed by atoms with Crippen LogP contribution in [0.1, 0.15) is 41.9 Å². The van der Waals surface area contributed by atoms with Gasteiger partial charge in [0.1, 0.15) is 5.82 Å². The minimum atomic E-state index is -0.815. The predicted molar refractivity (Wildman–Crippen MR) is 114 cm³/mol. The molecule has 0 bridgehead atoms. The summed E-state index contributed by atoms with van der Waals surface area (Å²) in [5, 5.41) is 8.96. The smallest absolute Gasteiger partial charge is 0.303 e. The van der Waals surface area contributed by atoms with Gasteiger partial charge in [0.25, 0.3) is 5.56 Å². The molecule has 6 nitrogen and oxygen atoms in total. The van der Waals surface area contributed by atoms with Crippen LogP contribution < -0.4 is 11.3 Å². The average molecular weight is 391 g/mol. The molecule has 1 atom stereocenters. The van der Waals surface area contributed by atoms with E-state index in [1.165, 1.54) is 0 Å². The molecule has 0 radical (unpaired) electrons. The summed E-state index contributed by atoms with van der Waals surface area (Å²) < 4.78 is 1.66. The van der Waals surface area contributed by atoms with Gasteiger partial charge in [-0.2, -0.15) is 0 Å². The van der Waals surface area contributed by atoms with E-state index in [9.17, 15) is 9.59 Å². The highest BCUT2D eigenvalue weighted by Gasteiger charge is 2.15. The Hall–Kier alpha value is -3.41. The molecule has 0 fully saturated rings. The highest BCUT2D eigenvalue weighted by atomic mass is 16.4. The molecule has 0 aliphatic carbocycles. The number of nitrogens with two attached hydrogens (primary N) is 1. The molecule has 29 heavy (non-hydrogen) atoms. The molecule has 6 heteroatoms. The molecule has 0 spiro atoms. The lowest BCUT2D eigenvalue weighted by Crippen LogP contribution is -2.27. The van der Waals surface area contributed by atoms with Crippen LogP contribution in [0.5, 0.6) is 0 Å². The Morgan fingerprint density at radius 3 is 2.31 bits per heavy atom. The number of aliphatic carboxylic acids is 1. The van der Waals surface area contributed by atoms with Crippen LogP contribution in [0.4, 0.5) is 5.69 Å². The maximum absolute atomic E-state index is 13.2. The summed E-state index contributed by atoms with van der Waals surface area (Å²) in [6.07, 6.45) is 0.0880. The highest BCUT2D eigenvalue weighted by molar-refractivity contribution is 5.68. The lowest BCUT2D eigenvalue weighted by molar-refractivity contribution is -0.137. The zero-order valence-corrected chi connectivity index (χ0v) is 16.8. The number of hydrogen-bond donors (Lipinski definition) is 2. The van der Waals surface area contributed by atoms with Crippen molar-refractivity contribution in [3.63, 3.8) is 0 Å². The number of carbonyl (C=O) groups is 1. The molecular formula is C23H25N3O3. The average Bonchev–Trinajstić information content (AvgIpc) is 2.66. The molecule has 0 saturated carbocycles. The van der Waals surface area contributed by atoms with Gasteiger partial charge in [-0.15, -0.1) is 0 Å². The van der Waals surface area contributed by atoms with Crippen LogP contribution in [-0.4, -0.2) is 20.6 Å². The maximum atomic E-state index is 13.2. The van der Waals surface area contributed by atoms with E-state index in [4.69, 9.17) is 10.8 Å². The van der Waals surface area contributed by atoms with Gasteiger partial charge >= 0.3 is 5.97 Å². The van der Waals surface area contributed by atoms with E-state index < -0.39 is 5.97 Å². The van der Waals surface area contributed by atoms with Crippen LogP contribution in [-0.2, 0) is 11.3 Å². The monoisotopic (exact) mass is 391 g/mol. The fourth-order valence-electron chi connectivity index (χ4n) is 3.48. The quantitative estimate of drug-likeness (QED) is 0.624. The Morgan fingerprint density at radius 1 is 1.10 bits per heavy atom. The SMILES string of the molecule is Cc1nc(C)n(Cc2ccc([C@H](C)CC(=O)O)cc2)c(=O)c1-c1ccc(N)cc1. The third kappa shape index (κ3) is 4.54. The van der Waals surface area contributed by atoms with Crippen molar-refractivity contribution < 1.29 is 9.90 Å². The summed E-state index contributed by atoms with van der Waals surface area (Å²) in [4.78, 5) is 28.7. The fraction of sp³-hybridized carbons (Fsp3) is 0.261. The molecule has 3 aromatic rings. The minimum Gasteiger partial charge on any atom is -0.481 e. The number of anilines is 1. The van der Waals surface area contributed by atoms with Crippen molar-refractivity contribution in [2.45, 2.75) is 39.7 Å². The number of nitrogen functional groups attached to an aromatic ring is 1. The summed E-state index contributed by atoms with van der Waals surface area (Å²) in [6.45, 7) is 5.95. The molecule has 2 aromatic carbocycles. The van der Waals surface area contributed by atoms with Gasteiger partial charge in [-0.1, -0.05) is 43.3 Å². The topological polar surface area (TPSA) is 98.2 Å². The van der Waals surface area contributed by atoms with E-state index in [1.807, 2.05) is 57.2 Å². The molecule has 1 aromatic heterocycles. The zero-order chi connectivity index (χ0) is 21.1. The summed E-state index contributed by atoms with van der Waals surface area (Å²) in [6, 6.07) is 14.9. The molecule has 1 heterocycles. The van der Waals surface area contributed by atoms with E-state index in [0.717, 1.165) is 16.7 Å². The summed E-state index contributed by atoms with van der Waals surface area (Å²) in [5.41, 5.74) is 10.3. The number of carboxylic acid groups (broad SMARTS) is 1. The van der Waals surface area contributed by atoms with Crippen molar-refractivity contribution in [3.05, 3.63) is 81.5 Å². The van der Waals surface area contributed by atoms with Crippen molar-refractivity contribution in [2.24, 2.45) is 0 Å². The Kier molecular flexibility index (Phi) is 5.82. The van der Waals surface area contributed by atoms with Gasteiger partial charge in [-0.25, -0.2) is 4.98 Å². The molecule has 0 aliphatic heterocycles. The second kappa shape index (κ2) is 8.31. The Balaban J connectivity index is 1.93. The summed E-state index contributed by atoms with van der Waals surface area (Å²) in [5.74, 6) is -0.233. The van der Waals surface area contributed by atoms with Crippen molar-refractivity contribution >= 4 is 11.7 Å². The summed E-state index contributed by atoms with van der Waals surface area (Å²) in [7, 11) is 0. The molecule has 150 valence electrons. The third-order valence-corrected chi connectivity index (χ3v) is 5.11. The van der Waals surface area contributed by atoms with Gasteiger partial charge in [0.05, 0.1) is 24.2 Å². The first-order valence-corrected chi connectivity index (χ1v) is 9.51. The van der Waals surface area contributed by atoms with Gasteiger partial charge in [0.2, 0.25) is 0 Å². The first kappa shape index (κ1) is 20.3.